The van der Waals surface area contributed by atoms with Gasteiger partial charge in [-0.15, -0.1) is 5.06 Å². The van der Waals surface area contributed by atoms with E-state index < -0.39 is 5.41 Å². The fourth-order valence-corrected chi connectivity index (χ4v) is 2.28. The number of aliphatic imine (C=N–C) groups is 1. The Labute approximate surface area is 133 Å². The predicted octanol–water partition coefficient (Wildman–Crippen LogP) is 3.46. The Hall–Kier alpha value is -1.68. The van der Waals surface area contributed by atoms with E-state index in [9.17, 15) is 4.79 Å². The fraction of sp³-hybridized carbons (Fsp3) is 0.556. The van der Waals surface area contributed by atoms with Gasteiger partial charge in [-0.25, -0.2) is 4.79 Å². The molecule has 120 valence electrons. The quantitative estimate of drug-likeness (QED) is 0.803. The summed E-state index contributed by atoms with van der Waals surface area (Å²) in [5.74, 6) is -0.180. The second kappa shape index (κ2) is 7.54. The molecule has 0 amide bonds. The van der Waals surface area contributed by atoms with Crippen LogP contribution >= 0.6 is 0 Å². The van der Waals surface area contributed by atoms with E-state index in [4.69, 9.17) is 4.84 Å². The van der Waals surface area contributed by atoms with Gasteiger partial charge in [-0.2, -0.15) is 0 Å². The molecule has 0 saturated carbocycles. The van der Waals surface area contributed by atoms with Crippen LogP contribution in [0.1, 0.15) is 45.6 Å². The van der Waals surface area contributed by atoms with E-state index in [-0.39, 0.29) is 12.0 Å². The highest BCUT2D eigenvalue weighted by Gasteiger charge is 2.27. The topological polar surface area (TPSA) is 41.9 Å². The van der Waals surface area contributed by atoms with Crippen molar-refractivity contribution >= 4 is 12.2 Å². The monoisotopic (exact) mass is 302 g/mol. The van der Waals surface area contributed by atoms with Crippen LogP contribution in [0.4, 0.5) is 0 Å². The minimum Gasteiger partial charge on any atom is -0.367 e. The Morgan fingerprint density at radius 1 is 1.27 bits per heavy atom. The van der Waals surface area contributed by atoms with Crippen LogP contribution in [-0.4, -0.2) is 36.4 Å². The molecule has 1 aliphatic heterocycles. The van der Waals surface area contributed by atoms with Gasteiger partial charge >= 0.3 is 5.97 Å². The number of nitrogens with zero attached hydrogens (tertiary/aromatic N) is 2. The Morgan fingerprint density at radius 2 is 2.00 bits per heavy atom. The Balaban J connectivity index is 1.95. The van der Waals surface area contributed by atoms with Crippen LogP contribution in [0.5, 0.6) is 0 Å². The number of carbonyl (C=O) groups is 1. The minimum atomic E-state index is -0.477. The molecule has 1 aromatic carbocycles. The molecule has 2 rings (SSSR count). The Kier molecular flexibility index (Phi) is 5.72. The SMILES string of the molecule is CC(C)(C)C(=O)ON1CCCCC(N=Cc2ccccc2)C1. The van der Waals surface area contributed by atoms with Crippen LogP contribution in [0.2, 0.25) is 0 Å². The molecular weight excluding hydrogens is 276 g/mol. The van der Waals surface area contributed by atoms with E-state index in [1.165, 1.54) is 0 Å². The summed E-state index contributed by atoms with van der Waals surface area (Å²) in [6.45, 7) is 7.08. The summed E-state index contributed by atoms with van der Waals surface area (Å²) in [6, 6.07) is 10.3. The standard InChI is InChI=1S/C18H26N2O2/c1-18(2,3)17(21)22-20-12-8-7-11-16(14-20)19-13-15-9-5-4-6-10-15/h4-6,9-10,13,16H,7-8,11-12,14H2,1-3H3. The first-order chi connectivity index (χ1) is 10.4. The van der Waals surface area contributed by atoms with Crippen molar-refractivity contribution in [3.8, 4) is 0 Å². The molecule has 1 heterocycles. The summed E-state index contributed by atoms with van der Waals surface area (Å²) in [7, 11) is 0. The number of hydrogen-bond acceptors (Lipinski definition) is 4. The summed E-state index contributed by atoms with van der Waals surface area (Å²) < 4.78 is 0. The van der Waals surface area contributed by atoms with E-state index >= 15 is 0 Å². The van der Waals surface area contributed by atoms with E-state index in [1.54, 1.807) is 5.06 Å². The van der Waals surface area contributed by atoms with Gasteiger partial charge in [0.25, 0.3) is 0 Å². The summed E-state index contributed by atoms with van der Waals surface area (Å²) in [5, 5.41) is 1.79. The number of benzene rings is 1. The summed E-state index contributed by atoms with van der Waals surface area (Å²) in [6.07, 6.45) is 5.10. The minimum absolute atomic E-state index is 0.176. The van der Waals surface area contributed by atoms with Gasteiger partial charge in [0.1, 0.15) is 0 Å². The van der Waals surface area contributed by atoms with E-state index in [2.05, 4.69) is 4.99 Å². The van der Waals surface area contributed by atoms with Crippen molar-refractivity contribution in [2.75, 3.05) is 13.1 Å². The maximum atomic E-state index is 12.0. The number of rotatable bonds is 3. The first-order valence-electron chi connectivity index (χ1n) is 8.01. The zero-order valence-electron chi connectivity index (χ0n) is 13.8. The molecule has 1 atom stereocenters. The molecule has 1 aliphatic rings. The zero-order valence-corrected chi connectivity index (χ0v) is 13.8. The molecule has 0 aromatic heterocycles. The van der Waals surface area contributed by atoms with E-state index in [1.807, 2.05) is 57.3 Å². The second-order valence-electron chi connectivity index (χ2n) is 6.86. The third-order valence-electron chi connectivity index (χ3n) is 3.67. The highest BCUT2D eigenvalue weighted by Crippen LogP contribution is 2.19. The van der Waals surface area contributed by atoms with Gasteiger partial charge in [-0.3, -0.25) is 4.99 Å². The molecule has 0 radical (unpaired) electrons. The molecule has 1 aromatic rings. The van der Waals surface area contributed by atoms with Gasteiger partial charge in [-0.05, 0) is 45.6 Å². The first kappa shape index (κ1) is 16.7. The molecule has 1 fully saturated rings. The highest BCUT2D eigenvalue weighted by atomic mass is 16.7. The van der Waals surface area contributed by atoms with Crippen LogP contribution in [0.15, 0.2) is 35.3 Å². The van der Waals surface area contributed by atoms with Crippen LogP contribution in [0, 0.1) is 5.41 Å². The van der Waals surface area contributed by atoms with Gasteiger partial charge in [-0.1, -0.05) is 30.3 Å². The normalized spacial score (nSPS) is 20.8. The van der Waals surface area contributed by atoms with Gasteiger partial charge in [0.2, 0.25) is 0 Å². The lowest BCUT2D eigenvalue weighted by atomic mass is 9.98. The third kappa shape index (κ3) is 5.26. The molecule has 4 nitrogen and oxygen atoms in total. The highest BCUT2D eigenvalue weighted by molar-refractivity contribution is 5.79. The zero-order chi connectivity index (χ0) is 16.0. The van der Waals surface area contributed by atoms with Gasteiger partial charge in [0.05, 0.1) is 18.0 Å². The molecule has 0 bridgehead atoms. The maximum Gasteiger partial charge on any atom is 0.330 e. The lowest BCUT2D eigenvalue weighted by Crippen LogP contribution is -2.36. The van der Waals surface area contributed by atoms with Crippen molar-refractivity contribution in [2.45, 2.75) is 46.1 Å². The van der Waals surface area contributed by atoms with Crippen LogP contribution in [0.25, 0.3) is 0 Å². The number of carbonyl (C=O) groups excluding carboxylic acids is 1. The van der Waals surface area contributed by atoms with Crippen LogP contribution in [0.3, 0.4) is 0 Å². The second-order valence-corrected chi connectivity index (χ2v) is 6.86. The van der Waals surface area contributed by atoms with Crippen LogP contribution in [-0.2, 0) is 9.63 Å². The molecule has 1 saturated heterocycles. The van der Waals surface area contributed by atoms with Gasteiger partial charge in [0.15, 0.2) is 0 Å². The summed E-state index contributed by atoms with van der Waals surface area (Å²) >= 11 is 0. The van der Waals surface area contributed by atoms with Crippen LogP contribution < -0.4 is 0 Å². The molecule has 4 heteroatoms. The number of hydrogen-bond donors (Lipinski definition) is 0. The van der Waals surface area contributed by atoms with E-state index in [0.717, 1.165) is 31.4 Å². The molecule has 1 unspecified atom stereocenters. The van der Waals surface area contributed by atoms with Crippen molar-refractivity contribution < 1.29 is 9.63 Å². The Bertz CT molecular complexity index is 506. The average molecular weight is 302 g/mol. The molecule has 22 heavy (non-hydrogen) atoms. The molecule has 0 N–H and O–H groups in total. The average Bonchev–Trinajstić information content (AvgIpc) is 2.70. The first-order valence-corrected chi connectivity index (χ1v) is 8.01. The smallest absolute Gasteiger partial charge is 0.330 e. The summed E-state index contributed by atoms with van der Waals surface area (Å²) in [4.78, 5) is 22.2. The predicted molar refractivity (Wildman–Crippen MR) is 88.8 cm³/mol. The van der Waals surface area contributed by atoms with Crippen molar-refractivity contribution in [1.29, 1.82) is 0 Å². The lowest BCUT2D eigenvalue weighted by molar-refractivity contribution is -0.200. The van der Waals surface area contributed by atoms with Gasteiger partial charge in [0, 0.05) is 12.8 Å². The van der Waals surface area contributed by atoms with Crippen molar-refractivity contribution in [3.05, 3.63) is 35.9 Å². The lowest BCUT2D eigenvalue weighted by Gasteiger charge is -2.25. The molecule has 0 aliphatic carbocycles. The van der Waals surface area contributed by atoms with Crippen molar-refractivity contribution in [2.24, 2.45) is 10.4 Å². The molecule has 0 spiro atoms. The number of hydroxylamine groups is 2. The maximum absolute atomic E-state index is 12.0. The largest absolute Gasteiger partial charge is 0.367 e. The Morgan fingerprint density at radius 3 is 2.68 bits per heavy atom. The summed E-state index contributed by atoms with van der Waals surface area (Å²) in [5.41, 5.74) is 0.625. The van der Waals surface area contributed by atoms with Crippen molar-refractivity contribution in [1.82, 2.24) is 5.06 Å². The third-order valence-corrected chi connectivity index (χ3v) is 3.67. The molecular formula is C18H26N2O2. The van der Waals surface area contributed by atoms with E-state index in [0.29, 0.717) is 6.54 Å². The van der Waals surface area contributed by atoms with Gasteiger partial charge < -0.3 is 4.84 Å². The van der Waals surface area contributed by atoms with Crippen molar-refractivity contribution in [3.63, 3.8) is 0 Å². The fourth-order valence-electron chi connectivity index (χ4n) is 2.28.